The molecule has 1 aliphatic carbocycles. The molecule has 0 radical (unpaired) electrons. The second-order valence-electron chi connectivity index (χ2n) is 5.21. The Labute approximate surface area is 127 Å². The van der Waals surface area contributed by atoms with E-state index in [4.69, 9.17) is 0 Å². The third-order valence-electron chi connectivity index (χ3n) is 3.34. The lowest BCUT2D eigenvalue weighted by Gasteiger charge is -2.00. The molecule has 0 aromatic carbocycles. The number of pyridine rings is 1. The molecule has 0 fully saturated rings. The van der Waals surface area contributed by atoms with E-state index < -0.39 is 0 Å². The fraction of sp³-hybridized carbons (Fsp3) is 0.150. The number of rotatable bonds is 5. The summed E-state index contributed by atoms with van der Waals surface area (Å²) in [6, 6.07) is 4.16. The second-order valence-corrected chi connectivity index (χ2v) is 5.21. The van der Waals surface area contributed by atoms with Gasteiger partial charge < -0.3 is 0 Å². The Kier molecular flexibility index (Phi) is 5.28. The van der Waals surface area contributed by atoms with E-state index >= 15 is 0 Å². The smallest absolute Gasteiger partial charge is 0.0659 e. The van der Waals surface area contributed by atoms with Gasteiger partial charge in [-0.05, 0) is 43.0 Å². The van der Waals surface area contributed by atoms with Crippen LogP contribution < -0.4 is 0 Å². The molecule has 21 heavy (non-hydrogen) atoms. The van der Waals surface area contributed by atoms with Crippen LogP contribution in [-0.2, 0) is 0 Å². The molecular formula is C20H21N. The van der Waals surface area contributed by atoms with Crippen molar-refractivity contribution >= 4 is 11.6 Å². The predicted octanol–water partition coefficient (Wildman–Crippen LogP) is 5.52. The van der Waals surface area contributed by atoms with Crippen molar-refractivity contribution in [1.82, 2.24) is 4.98 Å². The molecule has 0 saturated heterocycles. The molecule has 0 spiro atoms. The van der Waals surface area contributed by atoms with Gasteiger partial charge in [0.05, 0.1) is 5.69 Å². The SMILES string of the molecule is C=C/C=C\C=C(/C)c1ccc(/C=C/C2=CC=C(C)C2)cn1. The standard InChI is InChI=1S/C20H21N/c1-4-5-6-7-17(3)20-13-12-19(15-21-20)11-10-18-9-8-16(2)14-18/h4-13,15H,1,14H2,2-3H3/b6-5-,11-10+,17-7+. The Bertz CT molecular complexity index is 650. The van der Waals surface area contributed by atoms with E-state index in [9.17, 15) is 0 Å². The van der Waals surface area contributed by atoms with E-state index in [0.717, 1.165) is 23.3 Å². The van der Waals surface area contributed by atoms with E-state index in [0.29, 0.717) is 0 Å². The van der Waals surface area contributed by atoms with Crippen LogP contribution in [0.1, 0.15) is 31.5 Å². The van der Waals surface area contributed by atoms with Gasteiger partial charge >= 0.3 is 0 Å². The molecule has 0 N–H and O–H groups in total. The first-order chi connectivity index (χ1) is 10.2. The Balaban J connectivity index is 2.02. The van der Waals surface area contributed by atoms with Crippen LogP contribution in [0.3, 0.4) is 0 Å². The van der Waals surface area contributed by atoms with Crippen LogP contribution in [0.2, 0.25) is 0 Å². The van der Waals surface area contributed by atoms with E-state index in [1.807, 2.05) is 24.4 Å². The lowest BCUT2D eigenvalue weighted by molar-refractivity contribution is 1.20. The van der Waals surface area contributed by atoms with Crippen molar-refractivity contribution in [2.24, 2.45) is 0 Å². The largest absolute Gasteiger partial charge is 0.256 e. The van der Waals surface area contributed by atoms with E-state index in [1.54, 1.807) is 6.08 Å². The Hall–Kier alpha value is -2.41. The zero-order chi connectivity index (χ0) is 15.1. The van der Waals surface area contributed by atoms with Gasteiger partial charge in [-0.25, -0.2) is 0 Å². The third-order valence-corrected chi connectivity index (χ3v) is 3.34. The summed E-state index contributed by atoms with van der Waals surface area (Å²) < 4.78 is 0. The molecule has 0 atom stereocenters. The number of allylic oxidation sites excluding steroid dienone is 10. The van der Waals surface area contributed by atoms with Crippen LogP contribution >= 0.6 is 0 Å². The molecule has 0 aliphatic heterocycles. The molecule has 106 valence electrons. The Morgan fingerprint density at radius 1 is 1.19 bits per heavy atom. The van der Waals surface area contributed by atoms with Crippen molar-refractivity contribution < 1.29 is 0 Å². The number of nitrogens with zero attached hydrogens (tertiary/aromatic N) is 1. The topological polar surface area (TPSA) is 12.9 Å². The lowest BCUT2D eigenvalue weighted by atomic mass is 10.1. The van der Waals surface area contributed by atoms with Gasteiger partial charge in [0.25, 0.3) is 0 Å². The van der Waals surface area contributed by atoms with Crippen LogP contribution in [0.15, 0.2) is 78.6 Å². The monoisotopic (exact) mass is 275 g/mol. The van der Waals surface area contributed by atoms with Crippen molar-refractivity contribution in [2.45, 2.75) is 20.3 Å². The van der Waals surface area contributed by atoms with Crippen LogP contribution in [0, 0.1) is 0 Å². The van der Waals surface area contributed by atoms with Gasteiger partial charge in [-0.2, -0.15) is 0 Å². The molecule has 1 aromatic rings. The number of hydrogen-bond donors (Lipinski definition) is 0. The molecule has 1 heterocycles. The highest BCUT2D eigenvalue weighted by Gasteiger charge is 2.00. The summed E-state index contributed by atoms with van der Waals surface area (Å²) in [6.45, 7) is 7.87. The molecule has 1 aliphatic rings. The average Bonchev–Trinajstić information content (AvgIpc) is 2.91. The van der Waals surface area contributed by atoms with Crippen LogP contribution in [0.25, 0.3) is 11.6 Å². The summed E-state index contributed by atoms with van der Waals surface area (Å²) in [5.74, 6) is 0. The fourth-order valence-electron chi connectivity index (χ4n) is 2.11. The second kappa shape index (κ2) is 7.39. The van der Waals surface area contributed by atoms with Crippen molar-refractivity contribution in [3.8, 4) is 0 Å². The zero-order valence-electron chi connectivity index (χ0n) is 12.7. The number of hydrogen-bond acceptors (Lipinski definition) is 1. The first-order valence-corrected chi connectivity index (χ1v) is 7.16. The maximum atomic E-state index is 4.51. The Morgan fingerprint density at radius 2 is 2.05 bits per heavy atom. The highest BCUT2D eigenvalue weighted by molar-refractivity contribution is 5.63. The molecule has 0 bridgehead atoms. The number of aromatic nitrogens is 1. The predicted molar refractivity (Wildman–Crippen MR) is 92.7 cm³/mol. The lowest BCUT2D eigenvalue weighted by Crippen LogP contribution is -1.86. The molecular weight excluding hydrogens is 254 g/mol. The van der Waals surface area contributed by atoms with Crippen LogP contribution in [-0.4, -0.2) is 4.98 Å². The van der Waals surface area contributed by atoms with Gasteiger partial charge in [0.2, 0.25) is 0 Å². The summed E-state index contributed by atoms with van der Waals surface area (Å²) >= 11 is 0. The van der Waals surface area contributed by atoms with Gasteiger partial charge in [-0.3, -0.25) is 4.98 Å². The van der Waals surface area contributed by atoms with Gasteiger partial charge in [0, 0.05) is 6.20 Å². The molecule has 2 rings (SSSR count). The Morgan fingerprint density at radius 3 is 2.67 bits per heavy atom. The summed E-state index contributed by atoms with van der Waals surface area (Å²) in [6.07, 6.45) is 19.3. The first kappa shape index (κ1) is 15.0. The maximum absolute atomic E-state index is 4.51. The molecule has 1 heteroatoms. The van der Waals surface area contributed by atoms with Gasteiger partial charge in [-0.15, -0.1) is 0 Å². The first-order valence-electron chi connectivity index (χ1n) is 7.16. The van der Waals surface area contributed by atoms with Gasteiger partial charge in [-0.1, -0.05) is 66.8 Å². The normalized spacial score (nSPS) is 15.6. The quantitative estimate of drug-likeness (QED) is 0.645. The summed E-state index contributed by atoms with van der Waals surface area (Å²) in [7, 11) is 0. The fourth-order valence-corrected chi connectivity index (χ4v) is 2.11. The van der Waals surface area contributed by atoms with E-state index in [-0.39, 0.29) is 0 Å². The van der Waals surface area contributed by atoms with Crippen LogP contribution in [0.4, 0.5) is 0 Å². The molecule has 0 amide bonds. The molecule has 1 aromatic heterocycles. The van der Waals surface area contributed by atoms with E-state index in [2.05, 4.69) is 61.8 Å². The maximum Gasteiger partial charge on any atom is 0.0659 e. The summed E-state index contributed by atoms with van der Waals surface area (Å²) in [5.41, 5.74) is 6.03. The minimum Gasteiger partial charge on any atom is -0.256 e. The zero-order valence-corrected chi connectivity index (χ0v) is 12.7. The minimum atomic E-state index is 0.999. The van der Waals surface area contributed by atoms with E-state index in [1.165, 1.54) is 11.1 Å². The van der Waals surface area contributed by atoms with Gasteiger partial charge in [0.15, 0.2) is 0 Å². The van der Waals surface area contributed by atoms with Crippen molar-refractivity contribution in [3.05, 3.63) is 89.8 Å². The van der Waals surface area contributed by atoms with Gasteiger partial charge in [0.1, 0.15) is 0 Å². The van der Waals surface area contributed by atoms with Crippen molar-refractivity contribution in [2.75, 3.05) is 0 Å². The highest BCUT2D eigenvalue weighted by atomic mass is 14.7. The summed E-state index contributed by atoms with van der Waals surface area (Å²) in [5, 5.41) is 0. The molecule has 0 saturated carbocycles. The van der Waals surface area contributed by atoms with Crippen molar-refractivity contribution in [1.29, 1.82) is 0 Å². The van der Waals surface area contributed by atoms with Crippen molar-refractivity contribution in [3.63, 3.8) is 0 Å². The molecule has 1 nitrogen and oxygen atoms in total. The van der Waals surface area contributed by atoms with Crippen LogP contribution in [0.5, 0.6) is 0 Å². The molecule has 0 unspecified atom stereocenters. The average molecular weight is 275 g/mol. The summed E-state index contributed by atoms with van der Waals surface area (Å²) in [4.78, 5) is 4.51. The highest BCUT2D eigenvalue weighted by Crippen LogP contribution is 2.20. The minimum absolute atomic E-state index is 0.999. The third kappa shape index (κ3) is 4.57.